The SMILES string of the molecule is CC(C)OC(=O)c1cc(N2C(=O)CC(C(F)(F)F)N(C)C2=O)c(F)cc1Cl. The molecule has 1 aromatic carbocycles. The molecule has 1 unspecified atom stereocenters. The Bertz CT molecular complexity index is 797. The highest BCUT2D eigenvalue weighted by Gasteiger charge is 2.51. The van der Waals surface area contributed by atoms with Crippen molar-refractivity contribution in [3.8, 4) is 0 Å². The van der Waals surface area contributed by atoms with Gasteiger partial charge in [-0.15, -0.1) is 0 Å². The maximum absolute atomic E-state index is 14.3. The summed E-state index contributed by atoms with van der Waals surface area (Å²) in [5.41, 5.74) is -1.01. The maximum atomic E-state index is 14.3. The summed E-state index contributed by atoms with van der Waals surface area (Å²) in [6.07, 6.45) is -6.43. The Kier molecular flexibility index (Phi) is 5.69. The molecule has 0 saturated carbocycles. The van der Waals surface area contributed by atoms with Crippen LogP contribution in [-0.2, 0) is 9.53 Å². The van der Waals surface area contributed by atoms with Crippen molar-refractivity contribution in [2.24, 2.45) is 0 Å². The highest BCUT2D eigenvalue weighted by Crippen LogP contribution is 2.35. The van der Waals surface area contributed by atoms with Crippen LogP contribution in [0, 0.1) is 5.82 Å². The van der Waals surface area contributed by atoms with E-state index in [4.69, 9.17) is 16.3 Å². The molecule has 0 N–H and O–H groups in total. The highest BCUT2D eigenvalue weighted by molar-refractivity contribution is 6.34. The first-order valence-electron chi connectivity index (χ1n) is 7.71. The summed E-state index contributed by atoms with van der Waals surface area (Å²) in [7, 11) is 0.849. The van der Waals surface area contributed by atoms with Crippen LogP contribution >= 0.6 is 11.6 Å². The summed E-state index contributed by atoms with van der Waals surface area (Å²) in [4.78, 5) is 37.1. The molecule has 1 atom stereocenters. The summed E-state index contributed by atoms with van der Waals surface area (Å²) in [5.74, 6) is -3.35. The van der Waals surface area contributed by atoms with Crippen LogP contribution in [0.1, 0.15) is 30.6 Å². The van der Waals surface area contributed by atoms with Gasteiger partial charge in [-0.05, 0) is 26.0 Å². The first-order valence-corrected chi connectivity index (χ1v) is 8.08. The number of urea groups is 1. The number of imide groups is 1. The van der Waals surface area contributed by atoms with Gasteiger partial charge in [-0.25, -0.2) is 18.9 Å². The zero-order valence-electron chi connectivity index (χ0n) is 14.4. The van der Waals surface area contributed by atoms with Gasteiger partial charge in [-0.2, -0.15) is 13.2 Å². The van der Waals surface area contributed by atoms with Crippen molar-refractivity contribution >= 4 is 35.2 Å². The smallest absolute Gasteiger partial charge is 0.409 e. The van der Waals surface area contributed by atoms with Crippen LogP contribution in [0.3, 0.4) is 0 Å². The number of nitrogens with zero attached hydrogens (tertiary/aromatic N) is 2. The number of ether oxygens (including phenoxy) is 1. The molecule has 11 heteroatoms. The topological polar surface area (TPSA) is 66.9 Å². The molecule has 1 fully saturated rings. The molecule has 3 amide bonds. The summed E-state index contributed by atoms with van der Waals surface area (Å²) in [6.45, 7) is 3.11. The summed E-state index contributed by atoms with van der Waals surface area (Å²) >= 11 is 5.81. The van der Waals surface area contributed by atoms with E-state index in [1.54, 1.807) is 13.8 Å². The van der Waals surface area contributed by atoms with Crippen molar-refractivity contribution in [2.45, 2.75) is 38.6 Å². The molecule has 1 aliphatic heterocycles. The summed E-state index contributed by atoms with van der Waals surface area (Å²) < 4.78 is 58.2. The first kappa shape index (κ1) is 20.9. The zero-order valence-corrected chi connectivity index (χ0v) is 15.2. The fourth-order valence-corrected chi connectivity index (χ4v) is 2.73. The van der Waals surface area contributed by atoms with Crippen LogP contribution in [-0.4, -0.2) is 48.2 Å². The fourth-order valence-electron chi connectivity index (χ4n) is 2.51. The van der Waals surface area contributed by atoms with Gasteiger partial charge in [0.05, 0.1) is 28.8 Å². The molecule has 0 radical (unpaired) electrons. The van der Waals surface area contributed by atoms with E-state index in [2.05, 4.69) is 0 Å². The van der Waals surface area contributed by atoms with Crippen molar-refractivity contribution < 1.29 is 36.7 Å². The van der Waals surface area contributed by atoms with Gasteiger partial charge in [0.15, 0.2) is 0 Å². The Morgan fingerprint density at radius 1 is 1.30 bits per heavy atom. The van der Waals surface area contributed by atoms with E-state index in [9.17, 15) is 31.9 Å². The highest BCUT2D eigenvalue weighted by atomic mass is 35.5. The van der Waals surface area contributed by atoms with Crippen LogP contribution in [0.25, 0.3) is 0 Å². The lowest BCUT2D eigenvalue weighted by Gasteiger charge is -2.38. The van der Waals surface area contributed by atoms with Crippen molar-refractivity contribution in [3.05, 3.63) is 28.5 Å². The van der Waals surface area contributed by atoms with Crippen LogP contribution in [0.4, 0.5) is 28.0 Å². The number of alkyl halides is 3. The van der Waals surface area contributed by atoms with E-state index < -0.39 is 54.2 Å². The molecule has 1 aliphatic rings. The molecular weight excluding hydrogens is 396 g/mol. The monoisotopic (exact) mass is 410 g/mol. The predicted molar refractivity (Wildman–Crippen MR) is 87.1 cm³/mol. The van der Waals surface area contributed by atoms with Crippen molar-refractivity contribution in [1.29, 1.82) is 0 Å². The third-order valence-electron chi connectivity index (χ3n) is 3.80. The molecule has 1 saturated heterocycles. The number of halogens is 5. The number of rotatable bonds is 3. The molecule has 1 heterocycles. The maximum Gasteiger partial charge on any atom is 0.409 e. The summed E-state index contributed by atoms with van der Waals surface area (Å²) in [6, 6.07) is -2.21. The van der Waals surface area contributed by atoms with Gasteiger partial charge in [0.25, 0.3) is 0 Å². The minimum atomic E-state index is -4.82. The van der Waals surface area contributed by atoms with Crippen molar-refractivity contribution in [3.63, 3.8) is 0 Å². The lowest BCUT2D eigenvalue weighted by Crippen LogP contribution is -2.60. The number of anilines is 1. The van der Waals surface area contributed by atoms with Crippen molar-refractivity contribution in [2.75, 3.05) is 11.9 Å². The molecule has 0 aromatic heterocycles. The van der Waals surface area contributed by atoms with Crippen LogP contribution in [0.2, 0.25) is 5.02 Å². The lowest BCUT2D eigenvalue weighted by atomic mass is 10.1. The molecule has 2 rings (SSSR count). The molecule has 148 valence electrons. The Balaban J connectivity index is 2.47. The summed E-state index contributed by atoms with van der Waals surface area (Å²) in [5, 5.41) is -0.333. The second kappa shape index (κ2) is 7.34. The van der Waals surface area contributed by atoms with Crippen LogP contribution in [0.15, 0.2) is 12.1 Å². The Morgan fingerprint density at radius 2 is 1.89 bits per heavy atom. The number of esters is 1. The number of carbonyl (C=O) groups is 3. The molecular formula is C16H15ClF4N2O4. The largest absolute Gasteiger partial charge is 0.459 e. The van der Waals surface area contributed by atoms with Gasteiger partial charge < -0.3 is 9.64 Å². The number of benzene rings is 1. The Labute approximate surface area is 156 Å². The fraction of sp³-hybridized carbons (Fsp3) is 0.438. The van der Waals surface area contributed by atoms with Gasteiger partial charge in [-0.3, -0.25) is 4.79 Å². The third kappa shape index (κ3) is 4.15. The Morgan fingerprint density at radius 3 is 2.41 bits per heavy atom. The normalized spacial score (nSPS) is 18.3. The number of carbonyl (C=O) groups excluding carboxylic acids is 3. The predicted octanol–water partition coefficient (Wildman–Crippen LogP) is 3.76. The lowest BCUT2D eigenvalue weighted by molar-refractivity contribution is -0.179. The Hall–Kier alpha value is -2.36. The third-order valence-corrected chi connectivity index (χ3v) is 4.11. The zero-order chi connectivity index (χ0) is 20.7. The van der Waals surface area contributed by atoms with Crippen LogP contribution in [0.5, 0.6) is 0 Å². The second-order valence-electron chi connectivity index (χ2n) is 6.12. The number of amides is 3. The molecule has 27 heavy (non-hydrogen) atoms. The van der Waals surface area contributed by atoms with E-state index >= 15 is 0 Å². The van der Waals surface area contributed by atoms with E-state index in [0.717, 1.165) is 13.1 Å². The molecule has 6 nitrogen and oxygen atoms in total. The van der Waals surface area contributed by atoms with Gasteiger partial charge in [-0.1, -0.05) is 11.6 Å². The average Bonchev–Trinajstić information content (AvgIpc) is 2.50. The second-order valence-corrected chi connectivity index (χ2v) is 6.53. The van der Waals surface area contributed by atoms with Gasteiger partial charge in [0.2, 0.25) is 5.91 Å². The van der Waals surface area contributed by atoms with E-state index in [1.807, 2.05) is 0 Å². The minimum Gasteiger partial charge on any atom is -0.459 e. The van der Waals surface area contributed by atoms with E-state index in [1.165, 1.54) is 0 Å². The van der Waals surface area contributed by atoms with Crippen LogP contribution < -0.4 is 4.90 Å². The van der Waals surface area contributed by atoms with E-state index in [-0.39, 0.29) is 15.5 Å². The average molecular weight is 411 g/mol. The molecule has 1 aromatic rings. The number of hydrogen-bond donors (Lipinski definition) is 0. The quantitative estimate of drug-likeness (QED) is 0.562. The van der Waals surface area contributed by atoms with Gasteiger partial charge >= 0.3 is 18.2 Å². The number of hydrogen-bond acceptors (Lipinski definition) is 4. The van der Waals surface area contributed by atoms with E-state index in [0.29, 0.717) is 11.0 Å². The van der Waals surface area contributed by atoms with Crippen molar-refractivity contribution in [1.82, 2.24) is 4.90 Å². The molecule has 0 aliphatic carbocycles. The standard InChI is InChI=1S/C16H15ClF4N2O4/c1-7(2)27-14(25)8-4-11(10(18)5-9(8)17)23-13(24)6-12(16(19,20)21)22(3)15(23)26/h4-5,7,12H,6H2,1-3H3. The van der Waals surface area contributed by atoms with Gasteiger partial charge in [0.1, 0.15) is 11.9 Å². The van der Waals surface area contributed by atoms with Gasteiger partial charge in [0, 0.05) is 7.05 Å². The molecule has 0 bridgehead atoms. The first-order chi connectivity index (χ1) is 12.3. The minimum absolute atomic E-state index is 0.250. The molecule has 0 spiro atoms.